The zero-order valence-electron chi connectivity index (χ0n) is 21.2. The van der Waals surface area contributed by atoms with Crippen molar-refractivity contribution in [1.29, 1.82) is 0 Å². The van der Waals surface area contributed by atoms with E-state index in [0.717, 1.165) is 59.1 Å². The molecule has 4 heterocycles. The van der Waals surface area contributed by atoms with Crippen LogP contribution in [0.15, 0.2) is 48.9 Å². The molecule has 192 valence electrons. The lowest BCUT2D eigenvalue weighted by Crippen LogP contribution is -2.31. The summed E-state index contributed by atoms with van der Waals surface area (Å²) < 4.78 is 2.26. The van der Waals surface area contributed by atoms with Crippen molar-refractivity contribution in [2.24, 2.45) is 5.92 Å². The van der Waals surface area contributed by atoms with Crippen LogP contribution in [0.25, 0.3) is 22.4 Å². The molecule has 0 amide bonds. The molecular weight excluding hydrogens is 462 g/mol. The summed E-state index contributed by atoms with van der Waals surface area (Å²) in [5.74, 6) is 2.06. The molecular formula is C28H35N9. The fourth-order valence-corrected chi connectivity index (χ4v) is 5.49. The number of imidazole rings is 1. The fraction of sp³-hybridized carbons (Fsp3) is 0.429. The molecule has 0 radical (unpaired) electrons. The Labute approximate surface area is 217 Å². The van der Waals surface area contributed by atoms with E-state index in [0.29, 0.717) is 24.5 Å². The number of nitrogens with two attached hydrogens (primary N) is 1. The Balaban J connectivity index is 1.23. The predicted octanol–water partition coefficient (Wildman–Crippen LogP) is 4.61. The zero-order chi connectivity index (χ0) is 25.0. The topological polar surface area (TPSA) is 119 Å². The number of piperidine rings is 1. The average Bonchev–Trinajstić information content (AvgIpc) is 3.62. The number of anilines is 3. The second-order valence-corrected chi connectivity index (χ2v) is 10.2. The number of rotatable bonds is 8. The Hall–Kier alpha value is -3.72. The van der Waals surface area contributed by atoms with Gasteiger partial charge in [0.2, 0.25) is 5.95 Å². The number of nitrogens with zero attached hydrogens (tertiary/aromatic N) is 5. The maximum absolute atomic E-state index is 6.13. The van der Waals surface area contributed by atoms with E-state index >= 15 is 0 Å². The molecule has 3 aromatic heterocycles. The number of aromatic nitrogens is 5. The normalized spacial score (nSPS) is 16.9. The second-order valence-electron chi connectivity index (χ2n) is 10.2. The monoisotopic (exact) mass is 497 g/mol. The summed E-state index contributed by atoms with van der Waals surface area (Å²) in [5, 5.41) is 10.5. The fourth-order valence-electron chi connectivity index (χ4n) is 5.49. The first kappa shape index (κ1) is 23.7. The van der Waals surface area contributed by atoms with Gasteiger partial charge < -0.3 is 26.3 Å². The van der Waals surface area contributed by atoms with Crippen molar-refractivity contribution in [3.05, 3.63) is 54.5 Å². The number of benzene rings is 1. The van der Waals surface area contributed by atoms with E-state index in [1.165, 1.54) is 38.5 Å². The molecule has 0 atom stereocenters. The quantitative estimate of drug-likeness (QED) is 0.261. The number of pyridine rings is 1. The summed E-state index contributed by atoms with van der Waals surface area (Å²) in [6, 6.07) is 12.4. The van der Waals surface area contributed by atoms with Gasteiger partial charge in [0.25, 0.3) is 0 Å². The van der Waals surface area contributed by atoms with Crippen molar-refractivity contribution in [1.82, 2.24) is 29.8 Å². The Morgan fingerprint density at radius 1 is 0.946 bits per heavy atom. The molecule has 4 aromatic rings. The number of hydrogen-bond acceptors (Lipinski definition) is 8. The molecule has 6 rings (SSSR count). The van der Waals surface area contributed by atoms with Crippen LogP contribution in [0, 0.1) is 5.92 Å². The number of nitrogen functional groups attached to an aromatic ring is 1. The molecule has 0 unspecified atom stereocenters. The van der Waals surface area contributed by atoms with Gasteiger partial charge in [-0.2, -0.15) is 9.97 Å². The minimum atomic E-state index is 0.465. The van der Waals surface area contributed by atoms with E-state index in [2.05, 4.69) is 31.6 Å². The Morgan fingerprint density at radius 2 is 1.78 bits per heavy atom. The summed E-state index contributed by atoms with van der Waals surface area (Å²) >= 11 is 0. The van der Waals surface area contributed by atoms with Crippen molar-refractivity contribution in [2.75, 3.05) is 36.0 Å². The van der Waals surface area contributed by atoms with Crippen molar-refractivity contribution >= 4 is 28.6 Å². The maximum Gasteiger partial charge on any atom is 0.226 e. The molecule has 0 spiro atoms. The van der Waals surface area contributed by atoms with Gasteiger partial charge in [0.15, 0.2) is 17.0 Å². The lowest BCUT2D eigenvalue weighted by Gasteiger charge is -2.23. The Morgan fingerprint density at radius 3 is 2.57 bits per heavy atom. The second kappa shape index (κ2) is 10.7. The third-order valence-corrected chi connectivity index (χ3v) is 7.67. The first-order chi connectivity index (χ1) is 18.2. The standard InChI is InChI=1S/C28H35N9/c29-23-8-4-3-7-22(23)24-10-9-20(16-31-24)17-32-26-25-27(37(18-34-25)21-5-1-2-6-21)36-28(35-26)33-15-19-11-13-30-14-12-19/h3-4,7-10,16,18-19,21,30H,1-2,5-6,11-15,17,29H2,(H2,32,33,35,36). The van der Waals surface area contributed by atoms with Crippen molar-refractivity contribution in [3.63, 3.8) is 0 Å². The van der Waals surface area contributed by atoms with Crippen molar-refractivity contribution in [2.45, 2.75) is 51.1 Å². The maximum atomic E-state index is 6.13. The van der Waals surface area contributed by atoms with Crippen LogP contribution in [0.5, 0.6) is 0 Å². The molecule has 1 saturated carbocycles. The largest absolute Gasteiger partial charge is 0.398 e. The summed E-state index contributed by atoms with van der Waals surface area (Å²) in [5.41, 5.74) is 11.5. The highest BCUT2D eigenvalue weighted by atomic mass is 15.2. The van der Waals surface area contributed by atoms with Gasteiger partial charge in [0, 0.05) is 36.6 Å². The molecule has 1 aliphatic carbocycles. The molecule has 5 N–H and O–H groups in total. The van der Waals surface area contributed by atoms with Crippen LogP contribution >= 0.6 is 0 Å². The van der Waals surface area contributed by atoms with Gasteiger partial charge >= 0.3 is 0 Å². The van der Waals surface area contributed by atoms with Crippen LogP contribution < -0.4 is 21.7 Å². The van der Waals surface area contributed by atoms with Crippen LogP contribution in [-0.4, -0.2) is 44.1 Å². The van der Waals surface area contributed by atoms with E-state index in [1.54, 1.807) is 0 Å². The molecule has 9 heteroatoms. The van der Waals surface area contributed by atoms with Crippen LogP contribution in [0.2, 0.25) is 0 Å². The summed E-state index contributed by atoms with van der Waals surface area (Å²) in [4.78, 5) is 19.2. The van der Waals surface area contributed by atoms with Crippen LogP contribution in [0.3, 0.4) is 0 Å². The summed E-state index contributed by atoms with van der Waals surface area (Å²) in [6.07, 6.45) is 11.1. The molecule has 1 aromatic carbocycles. The summed E-state index contributed by atoms with van der Waals surface area (Å²) in [7, 11) is 0. The van der Waals surface area contributed by atoms with Crippen LogP contribution in [-0.2, 0) is 6.54 Å². The van der Waals surface area contributed by atoms with E-state index in [4.69, 9.17) is 20.7 Å². The minimum absolute atomic E-state index is 0.465. The average molecular weight is 498 g/mol. The highest BCUT2D eigenvalue weighted by Crippen LogP contribution is 2.33. The number of para-hydroxylation sites is 1. The van der Waals surface area contributed by atoms with Crippen LogP contribution in [0.4, 0.5) is 17.5 Å². The molecule has 1 saturated heterocycles. The number of fused-ring (bicyclic) bond motifs is 1. The Kier molecular flexibility index (Phi) is 6.86. The minimum Gasteiger partial charge on any atom is -0.398 e. The van der Waals surface area contributed by atoms with Gasteiger partial charge in [0.1, 0.15) is 0 Å². The molecule has 9 nitrogen and oxygen atoms in total. The number of hydrogen-bond donors (Lipinski definition) is 4. The van der Waals surface area contributed by atoms with Gasteiger partial charge in [-0.15, -0.1) is 0 Å². The highest BCUT2D eigenvalue weighted by Gasteiger charge is 2.22. The van der Waals surface area contributed by atoms with Gasteiger partial charge in [-0.05, 0) is 62.4 Å². The van der Waals surface area contributed by atoms with E-state index in [9.17, 15) is 0 Å². The first-order valence-corrected chi connectivity index (χ1v) is 13.5. The smallest absolute Gasteiger partial charge is 0.226 e. The van der Waals surface area contributed by atoms with Crippen molar-refractivity contribution < 1.29 is 0 Å². The van der Waals surface area contributed by atoms with Gasteiger partial charge in [-0.1, -0.05) is 37.1 Å². The molecule has 2 aliphatic rings. The summed E-state index contributed by atoms with van der Waals surface area (Å²) in [6.45, 7) is 3.64. The zero-order valence-corrected chi connectivity index (χ0v) is 21.2. The molecule has 1 aliphatic heterocycles. The SMILES string of the molecule is Nc1ccccc1-c1ccc(CNc2nc(NCC3CCNCC3)nc3c2ncn3C2CCCC2)cn1. The van der Waals surface area contributed by atoms with Crippen LogP contribution in [0.1, 0.15) is 50.1 Å². The third-order valence-electron chi connectivity index (χ3n) is 7.67. The predicted molar refractivity (Wildman–Crippen MR) is 148 cm³/mol. The highest BCUT2D eigenvalue weighted by molar-refractivity contribution is 5.84. The van der Waals surface area contributed by atoms with Gasteiger partial charge in [-0.3, -0.25) is 4.98 Å². The first-order valence-electron chi connectivity index (χ1n) is 13.5. The van der Waals surface area contributed by atoms with E-state index < -0.39 is 0 Å². The Bertz CT molecular complexity index is 1340. The molecule has 37 heavy (non-hydrogen) atoms. The van der Waals surface area contributed by atoms with Gasteiger partial charge in [-0.25, -0.2) is 4.98 Å². The third kappa shape index (κ3) is 5.22. The lowest BCUT2D eigenvalue weighted by atomic mass is 9.98. The van der Waals surface area contributed by atoms with E-state index in [-0.39, 0.29) is 0 Å². The van der Waals surface area contributed by atoms with Gasteiger partial charge in [0.05, 0.1) is 12.0 Å². The van der Waals surface area contributed by atoms with E-state index in [1.807, 2.05) is 42.9 Å². The molecule has 2 fully saturated rings. The molecule has 0 bridgehead atoms. The number of nitrogens with one attached hydrogen (secondary N) is 3. The lowest BCUT2D eigenvalue weighted by molar-refractivity contribution is 0.389. The van der Waals surface area contributed by atoms with Crippen molar-refractivity contribution in [3.8, 4) is 11.3 Å².